The fourth-order valence-corrected chi connectivity index (χ4v) is 3.16. The predicted molar refractivity (Wildman–Crippen MR) is 58.4 cm³/mol. The smallest absolute Gasteiger partial charge is 0.394 e. The number of fused-ring (bicyclic) bond motifs is 1. The van der Waals surface area contributed by atoms with Crippen LogP contribution < -0.4 is 4.90 Å². The first-order valence-electron chi connectivity index (χ1n) is 4.90. The van der Waals surface area contributed by atoms with Gasteiger partial charge >= 0.3 is 11.9 Å². The van der Waals surface area contributed by atoms with Crippen LogP contribution in [0.2, 0.25) is 0 Å². The molecule has 0 atom stereocenters. The zero-order valence-electron chi connectivity index (χ0n) is 8.96. The molecule has 96 valence electrons. The summed E-state index contributed by atoms with van der Waals surface area (Å²) in [6.45, 7) is -0.258. The van der Waals surface area contributed by atoms with E-state index >= 15 is 0 Å². The Balaban J connectivity index is 2.61. The van der Waals surface area contributed by atoms with Crippen LogP contribution in [-0.2, 0) is 19.4 Å². The van der Waals surface area contributed by atoms with Gasteiger partial charge in [0.25, 0.3) is 0 Å². The Kier molecular flexibility index (Phi) is 2.81. The second kappa shape index (κ2) is 4.05. The number of carboxylic acids is 1. The van der Waals surface area contributed by atoms with Crippen molar-refractivity contribution in [3.05, 3.63) is 24.0 Å². The van der Waals surface area contributed by atoms with Crippen molar-refractivity contribution in [3.63, 3.8) is 0 Å². The molecule has 0 bridgehead atoms. The van der Waals surface area contributed by atoms with Gasteiger partial charge < -0.3 is 10.0 Å². The summed E-state index contributed by atoms with van der Waals surface area (Å²) in [5, 5.41) is 8.63. The van der Waals surface area contributed by atoms with E-state index in [-0.39, 0.29) is 17.1 Å². The monoisotopic (exact) mass is 273 g/mol. The molecule has 6 nitrogen and oxygen atoms in total. The van der Waals surface area contributed by atoms with E-state index in [4.69, 9.17) is 5.11 Å². The fraction of sp³-hybridized carbons (Fsp3) is 0.200. The molecule has 0 aromatic heterocycles. The molecule has 1 aromatic carbocycles. The number of hydrogen-bond acceptors (Lipinski definition) is 4. The molecule has 1 amide bonds. The van der Waals surface area contributed by atoms with Gasteiger partial charge in [0.1, 0.15) is 5.82 Å². The standard InChI is InChI=1S/C10H8FNO5S/c11-6-1-2-7-8(5-6)18(16,17)4-3-12(7)9(13)10(14)15/h1-2,5H,3-4H2,(H,14,15). The molecule has 0 aliphatic carbocycles. The summed E-state index contributed by atoms with van der Waals surface area (Å²) in [5.41, 5.74) is -0.102. The fourth-order valence-electron chi connectivity index (χ4n) is 1.73. The predicted octanol–water partition coefficient (Wildman–Crippen LogP) is 0.0306. The molecule has 2 rings (SSSR count). The van der Waals surface area contributed by atoms with Crippen LogP contribution >= 0.6 is 0 Å². The van der Waals surface area contributed by atoms with Crippen molar-refractivity contribution in [2.75, 3.05) is 17.2 Å². The van der Waals surface area contributed by atoms with Crippen molar-refractivity contribution in [1.29, 1.82) is 0 Å². The van der Waals surface area contributed by atoms with E-state index in [1.807, 2.05) is 0 Å². The first-order chi connectivity index (χ1) is 8.33. The van der Waals surface area contributed by atoms with E-state index in [2.05, 4.69) is 0 Å². The van der Waals surface area contributed by atoms with Gasteiger partial charge in [-0.3, -0.25) is 4.79 Å². The Labute approximate surface area is 102 Å². The zero-order chi connectivity index (χ0) is 13.5. The number of carbonyl (C=O) groups excluding carboxylic acids is 1. The maximum atomic E-state index is 13.0. The van der Waals surface area contributed by atoms with Crippen LogP contribution in [0.15, 0.2) is 23.1 Å². The van der Waals surface area contributed by atoms with Crippen molar-refractivity contribution in [2.45, 2.75) is 4.90 Å². The van der Waals surface area contributed by atoms with Gasteiger partial charge in [0.05, 0.1) is 16.3 Å². The van der Waals surface area contributed by atoms with E-state index < -0.39 is 33.3 Å². The quantitative estimate of drug-likeness (QED) is 0.673. The lowest BCUT2D eigenvalue weighted by molar-refractivity contribution is -0.148. The number of hydrogen-bond donors (Lipinski definition) is 1. The van der Waals surface area contributed by atoms with Crippen LogP contribution in [0.3, 0.4) is 0 Å². The van der Waals surface area contributed by atoms with Crippen molar-refractivity contribution >= 4 is 27.4 Å². The normalized spacial score (nSPS) is 17.1. The molecule has 18 heavy (non-hydrogen) atoms. The lowest BCUT2D eigenvalue weighted by atomic mass is 10.2. The minimum atomic E-state index is -3.68. The summed E-state index contributed by atoms with van der Waals surface area (Å²) < 4.78 is 36.5. The number of carbonyl (C=O) groups is 2. The van der Waals surface area contributed by atoms with E-state index in [1.54, 1.807) is 0 Å². The largest absolute Gasteiger partial charge is 0.474 e. The number of nitrogens with zero attached hydrogens (tertiary/aromatic N) is 1. The third-order valence-electron chi connectivity index (χ3n) is 2.56. The number of aliphatic carboxylic acids is 1. The molecule has 1 N–H and O–H groups in total. The highest BCUT2D eigenvalue weighted by molar-refractivity contribution is 7.91. The highest BCUT2D eigenvalue weighted by Gasteiger charge is 2.34. The van der Waals surface area contributed by atoms with Crippen LogP contribution in [0.25, 0.3) is 0 Å². The Morgan fingerprint density at radius 2 is 2.00 bits per heavy atom. The van der Waals surface area contributed by atoms with Gasteiger partial charge in [0.15, 0.2) is 9.84 Å². The minimum absolute atomic E-state index is 0.102. The van der Waals surface area contributed by atoms with E-state index in [0.29, 0.717) is 0 Å². The van der Waals surface area contributed by atoms with Crippen LogP contribution in [0.5, 0.6) is 0 Å². The second-order valence-corrected chi connectivity index (χ2v) is 5.77. The lowest BCUT2D eigenvalue weighted by Crippen LogP contribution is -2.43. The SMILES string of the molecule is O=C(O)C(=O)N1CCS(=O)(=O)c2cc(F)ccc21. The highest BCUT2D eigenvalue weighted by atomic mass is 32.2. The van der Waals surface area contributed by atoms with Crippen LogP contribution in [0, 0.1) is 5.82 Å². The van der Waals surface area contributed by atoms with Crippen LogP contribution in [0.4, 0.5) is 10.1 Å². The molecule has 1 heterocycles. The minimum Gasteiger partial charge on any atom is -0.474 e. The molecule has 1 aromatic rings. The third kappa shape index (κ3) is 1.94. The second-order valence-electron chi connectivity index (χ2n) is 3.69. The Morgan fingerprint density at radius 3 is 2.61 bits per heavy atom. The summed E-state index contributed by atoms with van der Waals surface area (Å²) in [6.07, 6.45) is 0. The molecule has 0 radical (unpaired) electrons. The summed E-state index contributed by atoms with van der Waals surface area (Å²) in [4.78, 5) is 22.5. The maximum absolute atomic E-state index is 13.0. The molecular weight excluding hydrogens is 265 g/mol. The van der Waals surface area contributed by atoms with Crippen molar-refractivity contribution in [3.8, 4) is 0 Å². The van der Waals surface area contributed by atoms with Gasteiger partial charge in [-0.1, -0.05) is 0 Å². The number of carboxylic acid groups (broad SMARTS) is 1. The van der Waals surface area contributed by atoms with Crippen molar-refractivity contribution < 1.29 is 27.5 Å². The molecule has 0 fully saturated rings. The summed E-state index contributed by atoms with van der Waals surface area (Å²) in [6, 6.07) is 2.84. The van der Waals surface area contributed by atoms with Gasteiger partial charge in [-0.15, -0.1) is 0 Å². The zero-order valence-corrected chi connectivity index (χ0v) is 9.78. The van der Waals surface area contributed by atoms with E-state index in [9.17, 15) is 22.4 Å². The maximum Gasteiger partial charge on any atom is 0.394 e. The summed E-state index contributed by atoms with van der Waals surface area (Å²) in [5.74, 6) is -4.12. The number of rotatable bonds is 0. The van der Waals surface area contributed by atoms with Crippen molar-refractivity contribution in [1.82, 2.24) is 0 Å². The first-order valence-corrected chi connectivity index (χ1v) is 6.55. The molecule has 0 saturated heterocycles. The Bertz CT molecular complexity index is 640. The Hall–Kier alpha value is -1.96. The van der Waals surface area contributed by atoms with Gasteiger partial charge in [0.2, 0.25) is 0 Å². The van der Waals surface area contributed by atoms with Gasteiger partial charge in [-0.25, -0.2) is 17.6 Å². The van der Waals surface area contributed by atoms with Crippen LogP contribution in [-0.4, -0.2) is 37.7 Å². The molecule has 0 spiro atoms. The summed E-state index contributed by atoms with van der Waals surface area (Å²) in [7, 11) is -3.68. The number of sulfone groups is 1. The van der Waals surface area contributed by atoms with Gasteiger partial charge in [0, 0.05) is 6.54 Å². The third-order valence-corrected chi connectivity index (χ3v) is 4.28. The Morgan fingerprint density at radius 1 is 1.33 bits per heavy atom. The molecule has 0 saturated carbocycles. The molecule has 1 aliphatic rings. The van der Waals surface area contributed by atoms with Crippen molar-refractivity contribution in [2.24, 2.45) is 0 Å². The highest BCUT2D eigenvalue weighted by Crippen LogP contribution is 2.31. The van der Waals surface area contributed by atoms with E-state index in [0.717, 1.165) is 23.1 Å². The first kappa shape index (κ1) is 12.5. The van der Waals surface area contributed by atoms with E-state index in [1.165, 1.54) is 0 Å². The molecule has 8 heteroatoms. The number of benzene rings is 1. The molecular formula is C10H8FNO5S. The lowest BCUT2D eigenvalue weighted by Gasteiger charge is -2.27. The topological polar surface area (TPSA) is 91.8 Å². The van der Waals surface area contributed by atoms with Gasteiger partial charge in [-0.2, -0.15) is 0 Å². The van der Waals surface area contributed by atoms with Crippen LogP contribution in [0.1, 0.15) is 0 Å². The average Bonchev–Trinajstić information content (AvgIpc) is 2.29. The van der Waals surface area contributed by atoms with Gasteiger partial charge in [-0.05, 0) is 18.2 Å². The molecule has 1 aliphatic heterocycles. The molecule has 0 unspecified atom stereocenters. The number of amides is 1. The number of halogens is 1. The average molecular weight is 273 g/mol. The number of anilines is 1. The summed E-state index contributed by atoms with van der Waals surface area (Å²) >= 11 is 0.